The van der Waals surface area contributed by atoms with Gasteiger partial charge in [-0.15, -0.1) is 0 Å². The van der Waals surface area contributed by atoms with E-state index < -0.39 is 0 Å². The molecule has 17 heavy (non-hydrogen) atoms. The maximum absolute atomic E-state index is 6.13. The summed E-state index contributed by atoms with van der Waals surface area (Å²) in [6, 6.07) is 2.16. The summed E-state index contributed by atoms with van der Waals surface area (Å²) in [6.45, 7) is 4.54. The molecule has 2 rings (SSSR count). The van der Waals surface area contributed by atoms with Crippen LogP contribution in [0.2, 0.25) is 5.02 Å². The van der Waals surface area contributed by atoms with Crippen LogP contribution in [0.25, 0.3) is 0 Å². The minimum Gasteiger partial charge on any atom is -0.324 e. The average molecular weight is 251 g/mol. The lowest BCUT2D eigenvalue weighted by Crippen LogP contribution is -2.31. The van der Waals surface area contributed by atoms with Crippen molar-refractivity contribution < 1.29 is 0 Å². The number of allylic oxidation sites excluding steroid dienone is 1. The van der Waals surface area contributed by atoms with Crippen molar-refractivity contribution in [2.45, 2.75) is 39.2 Å². The first-order valence-electron chi connectivity index (χ1n) is 6.00. The van der Waals surface area contributed by atoms with E-state index in [-0.39, 0.29) is 6.04 Å². The van der Waals surface area contributed by atoms with Crippen molar-refractivity contribution in [1.29, 1.82) is 0 Å². The van der Waals surface area contributed by atoms with Crippen LogP contribution in [-0.4, -0.2) is 11.0 Å². The van der Waals surface area contributed by atoms with Gasteiger partial charge in [0.1, 0.15) is 0 Å². The van der Waals surface area contributed by atoms with Gasteiger partial charge < -0.3 is 5.73 Å². The second-order valence-electron chi connectivity index (χ2n) is 5.68. The highest BCUT2D eigenvalue weighted by Gasteiger charge is 2.26. The molecule has 0 bridgehead atoms. The number of nitrogens with zero attached hydrogens (tertiary/aromatic N) is 1. The van der Waals surface area contributed by atoms with Gasteiger partial charge in [-0.25, -0.2) is 0 Å². The Bertz CT molecular complexity index is 438. The molecular formula is C14H19ClN2. The van der Waals surface area contributed by atoms with Crippen LogP contribution in [0, 0.1) is 5.41 Å². The zero-order chi connectivity index (χ0) is 12.5. The van der Waals surface area contributed by atoms with Crippen LogP contribution in [0.3, 0.4) is 0 Å². The highest BCUT2D eigenvalue weighted by molar-refractivity contribution is 6.31. The molecule has 0 aliphatic heterocycles. The van der Waals surface area contributed by atoms with E-state index in [1.165, 1.54) is 5.57 Å². The molecule has 1 aromatic rings. The first-order valence-corrected chi connectivity index (χ1v) is 6.38. The zero-order valence-electron chi connectivity index (χ0n) is 10.4. The molecule has 1 atom stereocenters. The molecule has 1 aliphatic rings. The lowest BCUT2D eigenvalue weighted by Gasteiger charge is -2.33. The lowest BCUT2D eigenvalue weighted by molar-refractivity contribution is 0.299. The Hall–Kier alpha value is -0.860. The van der Waals surface area contributed by atoms with Gasteiger partial charge in [0.25, 0.3) is 0 Å². The van der Waals surface area contributed by atoms with Crippen LogP contribution in [0.4, 0.5) is 0 Å². The first kappa shape index (κ1) is 12.6. The SMILES string of the molecule is CC1(C)CC(Cc2ccncc2Cl)=CC(N)C1. The lowest BCUT2D eigenvalue weighted by atomic mass is 9.74. The number of hydrogen-bond donors (Lipinski definition) is 1. The fourth-order valence-electron chi connectivity index (χ4n) is 2.66. The zero-order valence-corrected chi connectivity index (χ0v) is 11.2. The monoisotopic (exact) mass is 250 g/mol. The van der Waals surface area contributed by atoms with E-state index in [2.05, 4.69) is 24.9 Å². The van der Waals surface area contributed by atoms with E-state index in [1.807, 2.05) is 6.07 Å². The second kappa shape index (κ2) is 4.79. The molecule has 1 heterocycles. The average Bonchev–Trinajstić information content (AvgIpc) is 2.18. The van der Waals surface area contributed by atoms with Gasteiger partial charge in [-0.1, -0.05) is 37.1 Å². The number of pyridine rings is 1. The molecule has 1 aliphatic carbocycles. The Kier molecular flexibility index (Phi) is 3.55. The molecule has 0 radical (unpaired) electrons. The number of rotatable bonds is 2. The molecule has 3 heteroatoms. The molecule has 0 amide bonds. The Morgan fingerprint density at radius 3 is 2.94 bits per heavy atom. The predicted octanol–water partition coefficient (Wildman–Crippen LogP) is 3.35. The standard InChI is InChI=1S/C14H19ClN2/c1-14(2)7-10(6-12(16)8-14)5-11-3-4-17-9-13(11)15/h3-4,6,9,12H,5,7-8,16H2,1-2H3. The summed E-state index contributed by atoms with van der Waals surface area (Å²) in [4.78, 5) is 4.01. The first-order chi connectivity index (χ1) is 7.96. The molecule has 2 nitrogen and oxygen atoms in total. The molecule has 2 N–H and O–H groups in total. The third-order valence-corrected chi connectivity index (χ3v) is 3.56. The second-order valence-corrected chi connectivity index (χ2v) is 6.08. The van der Waals surface area contributed by atoms with Gasteiger partial charge in [0.05, 0.1) is 5.02 Å². The predicted molar refractivity (Wildman–Crippen MR) is 72.0 cm³/mol. The van der Waals surface area contributed by atoms with Crippen LogP contribution in [0.15, 0.2) is 30.1 Å². The van der Waals surface area contributed by atoms with E-state index in [0.717, 1.165) is 29.8 Å². The van der Waals surface area contributed by atoms with Gasteiger partial charge in [-0.2, -0.15) is 0 Å². The quantitative estimate of drug-likeness (QED) is 0.818. The summed E-state index contributed by atoms with van der Waals surface area (Å²) in [5, 5.41) is 0.741. The van der Waals surface area contributed by atoms with Crippen LogP contribution in [-0.2, 0) is 6.42 Å². The molecule has 1 aromatic heterocycles. The van der Waals surface area contributed by atoms with E-state index in [4.69, 9.17) is 17.3 Å². The molecular weight excluding hydrogens is 232 g/mol. The molecule has 0 spiro atoms. The van der Waals surface area contributed by atoms with E-state index >= 15 is 0 Å². The van der Waals surface area contributed by atoms with Gasteiger partial charge >= 0.3 is 0 Å². The van der Waals surface area contributed by atoms with Gasteiger partial charge in [0, 0.05) is 18.4 Å². The maximum Gasteiger partial charge on any atom is 0.0624 e. The number of halogens is 1. The van der Waals surface area contributed by atoms with Crippen molar-refractivity contribution in [3.63, 3.8) is 0 Å². The highest BCUT2D eigenvalue weighted by Crippen LogP contribution is 2.36. The normalized spacial score (nSPS) is 23.3. The fraction of sp³-hybridized carbons (Fsp3) is 0.500. The summed E-state index contributed by atoms with van der Waals surface area (Å²) in [5.41, 5.74) is 8.89. The third-order valence-electron chi connectivity index (χ3n) is 3.22. The smallest absolute Gasteiger partial charge is 0.0624 e. The summed E-state index contributed by atoms with van der Waals surface area (Å²) in [7, 11) is 0. The Labute approximate surface area is 108 Å². The summed E-state index contributed by atoms with van der Waals surface area (Å²) in [5.74, 6) is 0. The van der Waals surface area contributed by atoms with Crippen LogP contribution in [0.1, 0.15) is 32.3 Å². The van der Waals surface area contributed by atoms with Gasteiger partial charge in [0.15, 0.2) is 0 Å². The van der Waals surface area contributed by atoms with Gasteiger partial charge in [-0.3, -0.25) is 4.98 Å². The van der Waals surface area contributed by atoms with Crippen LogP contribution < -0.4 is 5.73 Å². The summed E-state index contributed by atoms with van der Waals surface area (Å²) < 4.78 is 0. The topological polar surface area (TPSA) is 38.9 Å². The summed E-state index contributed by atoms with van der Waals surface area (Å²) in [6.07, 6.45) is 8.72. The molecule has 0 fully saturated rings. The van der Waals surface area contributed by atoms with Gasteiger partial charge in [0.2, 0.25) is 0 Å². The maximum atomic E-state index is 6.13. The van der Waals surface area contributed by atoms with Crippen LogP contribution in [0.5, 0.6) is 0 Å². The van der Waals surface area contributed by atoms with Crippen molar-refractivity contribution in [3.8, 4) is 0 Å². The molecule has 92 valence electrons. The van der Waals surface area contributed by atoms with Crippen molar-refractivity contribution >= 4 is 11.6 Å². The minimum atomic E-state index is 0.175. The van der Waals surface area contributed by atoms with Crippen LogP contribution >= 0.6 is 11.6 Å². The van der Waals surface area contributed by atoms with Gasteiger partial charge in [-0.05, 0) is 36.3 Å². The van der Waals surface area contributed by atoms with E-state index in [9.17, 15) is 0 Å². The molecule has 0 aromatic carbocycles. The Balaban J connectivity index is 2.17. The number of hydrogen-bond acceptors (Lipinski definition) is 2. The Morgan fingerprint density at radius 1 is 1.53 bits per heavy atom. The van der Waals surface area contributed by atoms with E-state index in [0.29, 0.717) is 5.41 Å². The molecule has 0 saturated carbocycles. The molecule has 0 saturated heterocycles. The van der Waals surface area contributed by atoms with Crippen molar-refractivity contribution in [2.24, 2.45) is 11.1 Å². The molecule has 1 unspecified atom stereocenters. The summed E-state index contributed by atoms with van der Waals surface area (Å²) >= 11 is 6.13. The number of nitrogens with two attached hydrogens (primary N) is 1. The third kappa shape index (κ3) is 3.30. The van der Waals surface area contributed by atoms with E-state index in [1.54, 1.807) is 12.4 Å². The highest BCUT2D eigenvalue weighted by atomic mass is 35.5. The van der Waals surface area contributed by atoms with Crippen molar-refractivity contribution in [1.82, 2.24) is 4.98 Å². The largest absolute Gasteiger partial charge is 0.324 e. The van der Waals surface area contributed by atoms with Crippen molar-refractivity contribution in [3.05, 3.63) is 40.7 Å². The minimum absolute atomic E-state index is 0.175. The number of aromatic nitrogens is 1. The van der Waals surface area contributed by atoms with Crippen molar-refractivity contribution in [2.75, 3.05) is 0 Å². The fourth-order valence-corrected chi connectivity index (χ4v) is 2.85. The Morgan fingerprint density at radius 2 is 2.29 bits per heavy atom.